The van der Waals surface area contributed by atoms with Crippen molar-refractivity contribution in [1.82, 2.24) is 0 Å². The van der Waals surface area contributed by atoms with Crippen molar-refractivity contribution in [3.63, 3.8) is 0 Å². The minimum Gasteiger partial charge on any atom is -0.497 e. The van der Waals surface area contributed by atoms with Crippen molar-refractivity contribution in [2.75, 3.05) is 13.7 Å². The Hall–Kier alpha value is -2.43. The minimum atomic E-state index is -0.574. The molecule has 1 heterocycles. The first-order valence-electron chi connectivity index (χ1n) is 9.68. The SMILES string of the molecule is CCCCOC(=O)C1C(C)=NC2=C(C(=O)CCC2)[C@H]1c1cccc(OC)c1. The largest absolute Gasteiger partial charge is 0.497 e. The molecule has 2 atom stereocenters. The molecule has 0 radical (unpaired) electrons. The summed E-state index contributed by atoms with van der Waals surface area (Å²) in [5, 5.41) is 0. The Labute approximate surface area is 160 Å². The molecule has 5 heteroatoms. The maximum atomic E-state index is 12.9. The van der Waals surface area contributed by atoms with Gasteiger partial charge in [-0.1, -0.05) is 25.5 Å². The fourth-order valence-electron chi connectivity index (χ4n) is 3.91. The molecular formula is C22H27NO4. The molecule has 0 saturated carbocycles. The standard InChI is InChI=1S/C22H27NO4/c1-4-5-12-27-22(25)19-14(2)23-17-10-7-11-18(24)21(17)20(19)15-8-6-9-16(13-15)26-3/h6,8-9,13,19-20H,4-5,7,10-12H2,1-3H3/t19?,20-/m0/s1. The highest BCUT2D eigenvalue weighted by Gasteiger charge is 2.43. The molecule has 144 valence electrons. The maximum absolute atomic E-state index is 12.9. The number of ether oxygens (including phenoxy) is 2. The molecule has 1 aromatic rings. The van der Waals surface area contributed by atoms with Gasteiger partial charge in [0.15, 0.2) is 5.78 Å². The number of ketones is 1. The first-order chi connectivity index (χ1) is 13.1. The van der Waals surface area contributed by atoms with Gasteiger partial charge >= 0.3 is 5.97 Å². The first-order valence-corrected chi connectivity index (χ1v) is 9.68. The molecule has 1 aliphatic carbocycles. The summed E-state index contributed by atoms with van der Waals surface area (Å²) in [7, 11) is 1.61. The number of hydrogen-bond donors (Lipinski definition) is 0. The molecule has 2 aliphatic rings. The van der Waals surface area contributed by atoms with E-state index in [0.29, 0.717) is 24.4 Å². The molecule has 5 nitrogen and oxygen atoms in total. The summed E-state index contributed by atoms with van der Waals surface area (Å²) in [6, 6.07) is 7.61. The summed E-state index contributed by atoms with van der Waals surface area (Å²) in [5.74, 6) is -0.449. The molecule has 0 amide bonds. The molecule has 1 unspecified atom stereocenters. The number of benzene rings is 1. The molecule has 27 heavy (non-hydrogen) atoms. The van der Waals surface area contributed by atoms with Gasteiger partial charge in [0.1, 0.15) is 11.7 Å². The summed E-state index contributed by atoms with van der Waals surface area (Å²) in [5.41, 5.74) is 3.12. The normalized spacial score (nSPS) is 22.2. The quantitative estimate of drug-likeness (QED) is 0.556. The fourth-order valence-corrected chi connectivity index (χ4v) is 3.91. The highest BCUT2D eigenvalue weighted by atomic mass is 16.5. The Balaban J connectivity index is 2.05. The van der Waals surface area contributed by atoms with Crippen LogP contribution in [-0.4, -0.2) is 31.2 Å². The Bertz CT molecular complexity index is 793. The van der Waals surface area contributed by atoms with Crippen LogP contribution in [0.15, 0.2) is 40.5 Å². The van der Waals surface area contributed by atoms with Crippen LogP contribution in [0, 0.1) is 5.92 Å². The van der Waals surface area contributed by atoms with Gasteiger partial charge in [0.2, 0.25) is 0 Å². The van der Waals surface area contributed by atoms with Crippen molar-refractivity contribution >= 4 is 17.5 Å². The molecule has 0 N–H and O–H groups in total. The summed E-state index contributed by atoms with van der Waals surface area (Å²) >= 11 is 0. The van der Waals surface area contributed by atoms with Crippen molar-refractivity contribution in [2.24, 2.45) is 10.9 Å². The lowest BCUT2D eigenvalue weighted by Gasteiger charge is -2.34. The van der Waals surface area contributed by atoms with E-state index in [1.165, 1.54) is 0 Å². The Morgan fingerprint density at radius 3 is 2.85 bits per heavy atom. The number of unbranched alkanes of at least 4 members (excludes halogenated alkanes) is 1. The molecule has 0 spiro atoms. The zero-order valence-corrected chi connectivity index (χ0v) is 16.3. The van der Waals surface area contributed by atoms with Crippen LogP contribution in [0.3, 0.4) is 0 Å². The first kappa shape index (κ1) is 19.3. The number of aliphatic imine (C=N–C) groups is 1. The fraction of sp³-hybridized carbons (Fsp3) is 0.500. The average molecular weight is 369 g/mol. The lowest BCUT2D eigenvalue weighted by molar-refractivity contribution is -0.146. The van der Waals surface area contributed by atoms with Crippen molar-refractivity contribution in [1.29, 1.82) is 0 Å². The second kappa shape index (κ2) is 8.51. The van der Waals surface area contributed by atoms with Gasteiger partial charge in [0.25, 0.3) is 0 Å². The monoisotopic (exact) mass is 369 g/mol. The average Bonchev–Trinajstić information content (AvgIpc) is 2.67. The lowest BCUT2D eigenvalue weighted by Crippen LogP contribution is -2.37. The smallest absolute Gasteiger partial charge is 0.315 e. The molecule has 0 fully saturated rings. The molecule has 0 aromatic heterocycles. The van der Waals surface area contributed by atoms with Crippen LogP contribution in [0.5, 0.6) is 5.75 Å². The van der Waals surface area contributed by atoms with Gasteiger partial charge in [-0.2, -0.15) is 0 Å². The Kier molecular flexibility index (Phi) is 6.09. The van der Waals surface area contributed by atoms with Crippen LogP contribution in [0.2, 0.25) is 0 Å². The van der Waals surface area contributed by atoms with E-state index in [9.17, 15) is 9.59 Å². The number of nitrogens with zero attached hydrogens (tertiary/aromatic N) is 1. The molecule has 1 aliphatic heterocycles. The number of rotatable bonds is 6. The topological polar surface area (TPSA) is 65.0 Å². The van der Waals surface area contributed by atoms with Crippen LogP contribution in [0.4, 0.5) is 0 Å². The van der Waals surface area contributed by atoms with Gasteiger partial charge in [-0.15, -0.1) is 0 Å². The van der Waals surface area contributed by atoms with Gasteiger partial charge in [-0.05, 0) is 43.9 Å². The van der Waals surface area contributed by atoms with Crippen molar-refractivity contribution in [2.45, 2.75) is 51.9 Å². The van der Waals surface area contributed by atoms with Crippen LogP contribution >= 0.6 is 0 Å². The van der Waals surface area contributed by atoms with Gasteiger partial charge in [-0.25, -0.2) is 0 Å². The lowest BCUT2D eigenvalue weighted by atomic mass is 9.72. The second-order valence-electron chi connectivity index (χ2n) is 7.14. The molecule has 3 rings (SSSR count). The molecular weight excluding hydrogens is 342 g/mol. The van der Waals surface area contributed by atoms with Crippen molar-refractivity contribution in [3.05, 3.63) is 41.1 Å². The predicted molar refractivity (Wildman–Crippen MR) is 104 cm³/mol. The second-order valence-corrected chi connectivity index (χ2v) is 7.14. The third-order valence-corrected chi connectivity index (χ3v) is 5.28. The Morgan fingerprint density at radius 2 is 2.11 bits per heavy atom. The highest BCUT2D eigenvalue weighted by molar-refractivity contribution is 6.08. The highest BCUT2D eigenvalue weighted by Crippen LogP contribution is 2.44. The van der Waals surface area contributed by atoms with Crippen LogP contribution < -0.4 is 4.74 Å². The summed E-state index contributed by atoms with van der Waals surface area (Å²) < 4.78 is 10.9. The molecule has 0 saturated heterocycles. The van der Waals surface area contributed by atoms with Crippen LogP contribution in [0.1, 0.15) is 57.4 Å². The third kappa shape index (κ3) is 3.97. The van der Waals surface area contributed by atoms with E-state index in [0.717, 1.165) is 42.7 Å². The summed E-state index contributed by atoms with van der Waals surface area (Å²) in [6.07, 6.45) is 3.87. The number of methoxy groups -OCH3 is 1. The van der Waals surface area contributed by atoms with E-state index in [-0.39, 0.29) is 17.7 Å². The number of hydrogen-bond acceptors (Lipinski definition) is 5. The summed E-state index contributed by atoms with van der Waals surface area (Å²) in [6.45, 7) is 4.31. The van der Waals surface area contributed by atoms with Gasteiger partial charge in [-0.3, -0.25) is 14.6 Å². The number of allylic oxidation sites excluding steroid dienone is 2. The van der Waals surface area contributed by atoms with Gasteiger partial charge in [0.05, 0.1) is 13.7 Å². The van der Waals surface area contributed by atoms with E-state index >= 15 is 0 Å². The minimum absolute atomic E-state index is 0.0895. The van der Waals surface area contributed by atoms with E-state index in [1.54, 1.807) is 7.11 Å². The van der Waals surface area contributed by atoms with E-state index in [2.05, 4.69) is 11.9 Å². The third-order valence-electron chi connectivity index (χ3n) is 5.28. The predicted octanol–water partition coefficient (Wildman–Crippen LogP) is 4.22. The zero-order valence-electron chi connectivity index (χ0n) is 16.3. The molecule has 0 bridgehead atoms. The zero-order chi connectivity index (χ0) is 19.4. The number of Topliss-reactive ketones (excluding diaryl/α,β-unsaturated/α-hetero) is 1. The number of carbonyl (C=O) groups excluding carboxylic acids is 2. The van der Waals surface area contributed by atoms with Crippen LogP contribution in [-0.2, 0) is 14.3 Å². The van der Waals surface area contributed by atoms with Crippen molar-refractivity contribution in [3.8, 4) is 5.75 Å². The van der Waals surface area contributed by atoms with E-state index in [4.69, 9.17) is 9.47 Å². The number of esters is 1. The van der Waals surface area contributed by atoms with E-state index in [1.807, 2.05) is 31.2 Å². The van der Waals surface area contributed by atoms with Gasteiger partial charge in [0, 0.05) is 29.3 Å². The summed E-state index contributed by atoms with van der Waals surface area (Å²) in [4.78, 5) is 30.4. The van der Waals surface area contributed by atoms with Gasteiger partial charge < -0.3 is 9.47 Å². The Morgan fingerprint density at radius 1 is 1.30 bits per heavy atom. The molecule has 1 aromatic carbocycles. The van der Waals surface area contributed by atoms with Crippen molar-refractivity contribution < 1.29 is 19.1 Å². The maximum Gasteiger partial charge on any atom is 0.315 e. The van der Waals surface area contributed by atoms with Crippen LogP contribution in [0.25, 0.3) is 0 Å². The van der Waals surface area contributed by atoms with E-state index < -0.39 is 5.92 Å². The number of carbonyl (C=O) groups is 2.